The summed E-state index contributed by atoms with van der Waals surface area (Å²) in [6.45, 7) is 0.818. The molecule has 4 aromatic rings. The van der Waals surface area contributed by atoms with Crippen molar-refractivity contribution in [2.45, 2.75) is 25.6 Å². The SMILES string of the molecule is O=C(Cc1nc2ccccc2n1CC(O)c1ccccc1)NCc1ccccc1. The molecule has 0 aliphatic carbocycles. The first-order chi connectivity index (χ1) is 14.2. The van der Waals surface area contributed by atoms with Gasteiger partial charge in [0.2, 0.25) is 5.91 Å². The van der Waals surface area contributed by atoms with Crippen LogP contribution < -0.4 is 5.32 Å². The number of amides is 1. The zero-order valence-electron chi connectivity index (χ0n) is 16.0. The minimum Gasteiger partial charge on any atom is -0.387 e. The third-order valence-electron chi connectivity index (χ3n) is 4.92. The summed E-state index contributed by atoms with van der Waals surface area (Å²) >= 11 is 0. The van der Waals surface area contributed by atoms with Crippen molar-refractivity contribution < 1.29 is 9.90 Å². The van der Waals surface area contributed by atoms with E-state index in [9.17, 15) is 9.90 Å². The summed E-state index contributed by atoms with van der Waals surface area (Å²) in [5.41, 5.74) is 3.62. The predicted molar refractivity (Wildman–Crippen MR) is 113 cm³/mol. The first-order valence-corrected chi connectivity index (χ1v) is 9.68. The summed E-state index contributed by atoms with van der Waals surface area (Å²) in [6, 6.07) is 27.1. The lowest BCUT2D eigenvalue weighted by Gasteiger charge is -2.15. The van der Waals surface area contributed by atoms with E-state index in [0.29, 0.717) is 18.9 Å². The molecule has 0 aliphatic heterocycles. The van der Waals surface area contributed by atoms with Gasteiger partial charge in [-0.15, -0.1) is 0 Å². The second kappa shape index (κ2) is 8.71. The lowest BCUT2D eigenvalue weighted by Crippen LogP contribution is -2.26. The Labute approximate surface area is 169 Å². The highest BCUT2D eigenvalue weighted by atomic mass is 16.3. The van der Waals surface area contributed by atoms with Crippen LogP contribution in [0.3, 0.4) is 0 Å². The molecule has 146 valence electrons. The van der Waals surface area contributed by atoms with Crippen molar-refractivity contribution >= 4 is 16.9 Å². The summed E-state index contributed by atoms with van der Waals surface area (Å²) in [6.07, 6.45) is -0.525. The molecule has 1 amide bonds. The van der Waals surface area contributed by atoms with E-state index in [1.54, 1.807) is 0 Å². The Hall–Kier alpha value is -3.44. The van der Waals surface area contributed by atoms with Crippen molar-refractivity contribution in [1.29, 1.82) is 0 Å². The molecule has 0 saturated heterocycles. The van der Waals surface area contributed by atoms with Crippen LogP contribution in [0.1, 0.15) is 23.1 Å². The van der Waals surface area contributed by atoms with Crippen LogP contribution in [0.25, 0.3) is 11.0 Å². The van der Waals surface area contributed by atoms with Crippen LogP contribution in [0.15, 0.2) is 84.9 Å². The predicted octanol–water partition coefficient (Wildman–Crippen LogP) is 3.63. The molecule has 1 atom stereocenters. The first-order valence-electron chi connectivity index (χ1n) is 9.68. The fraction of sp³-hybridized carbons (Fsp3) is 0.167. The maximum Gasteiger partial charge on any atom is 0.227 e. The van der Waals surface area contributed by atoms with Gasteiger partial charge in [-0.2, -0.15) is 0 Å². The molecule has 5 heteroatoms. The van der Waals surface area contributed by atoms with Crippen molar-refractivity contribution in [3.8, 4) is 0 Å². The number of para-hydroxylation sites is 2. The molecule has 1 aromatic heterocycles. The molecule has 29 heavy (non-hydrogen) atoms. The Kier molecular flexibility index (Phi) is 5.68. The summed E-state index contributed by atoms with van der Waals surface area (Å²) in [7, 11) is 0. The number of rotatable bonds is 7. The van der Waals surface area contributed by atoms with Crippen LogP contribution in [-0.4, -0.2) is 20.6 Å². The normalized spacial score (nSPS) is 12.0. The van der Waals surface area contributed by atoms with Gasteiger partial charge in [0.1, 0.15) is 5.82 Å². The van der Waals surface area contributed by atoms with Crippen molar-refractivity contribution in [2.24, 2.45) is 0 Å². The molecule has 3 aromatic carbocycles. The number of aliphatic hydroxyl groups is 1. The second-order valence-electron chi connectivity index (χ2n) is 6.99. The van der Waals surface area contributed by atoms with E-state index in [-0.39, 0.29) is 12.3 Å². The molecule has 0 bridgehead atoms. The van der Waals surface area contributed by atoms with E-state index in [4.69, 9.17) is 0 Å². The highest BCUT2D eigenvalue weighted by Gasteiger charge is 2.17. The number of nitrogens with one attached hydrogen (secondary N) is 1. The molecule has 4 rings (SSSR count). The minimum atomic E-state index is -0.681. The average Bonchev–Trinajstić information content (AvgIpc) is 3.10. The van der Waals surface area contributed by atoms with Gasteiger partial charge in [0.05, 0.1) is 30.1 Å². The number of nitrogens with zero attached hydrogens (tertiary/aromatic N) is 2. The molecule has 5 nitrogen and oxygen atoms in total. The summed E-state index contributed by atoms with van der Waals surface area (Å²) in [5.74, 6) is 0.548. The zero-order valence-corrected chi connectivity index (χ0v) is 16.0. The van der Waals surface area contributed by atoms with E-state index in [0.717, 1.165) is 22.2 Å². The largest absolute Gasteiger partial charge is 0.387 e. The molecular weight excluding hydrogens is 362 g/mol. The topological polar surface area (TPSA) is 67.2 Å². The summed E-state index contributed by atoms with van der Waals surface area (Å²) in [5, 5.41) is 13.7. The van der Waals surface area contributed by atoms with E-state index in [2.05, 4.69) is 10.3 Å². The van der Waals surface area contributed by atoms with Crippen LogP contribution >= 0.6 is 0 Å². The second-order valence-corrected chi connectivity index (χ2v) is 6.99. The maximum atomic E-state index is 12.5. The van der Waals surface area contributed by atoms with Gasteiger partial charge >= 0.3 is 0 Å². The lowest BCUT2D eigenvalue weighted by atomic mass is 10.1. The monoisotopic (exact) mass is 385 g/mol. The number of hydrogen-bond donors (Lipinski definition) is 2. The molecule has 1 unspecified atom stereocenters. The third-order valence-corrected chi connectivity index (χ3v) is 4.92. The molecule has 0 saturated carbocycles. The van der Waals surface area contributed by atoms with Gasteiger partial charge in [0.15, 0.2) is 0 Å². The molecule has 2 N–H and O–H groups in total. The van der Waals surface area contributed by atoms with Gasteiger partial charge in [-0.3, -0.25) is 4.79 Å². The van der Waals surface area contributed by atoms with E-state index in [1.807, 2.05) is 89.5 Å². The Morgan fingerprint density at radius 3 is 2.34 bits per heavy atom. The highest BCUT2D eigenvalue weighted by Crippen LogP contribution is 2.21. The molecule has 0 aliphatic rings. The summed E-state index contributed by atoms with van der Waals surface area (Å²) < 4.78 is 1.94. The van der Waals surface area contributed by atoms with Crippen molar-refractivity contribution in [1.82, 2.24) is 14.9 Å². The molecule has 1 heterocycles. The average molecular weight is 385 g/mol. The highest BCUT2D eigenvalue weighted by molar-refractivity contribution is 5.81. The number of benzene rings is 3. The van der Waals surface area contributed by atoms with Crippen LogP contribution in [0, 0.1) is 0 Å². The lowest BCUT2D eigenvalue weighted by molar-refractivity contribution is -0.120. The van der Waals surface area contributed by atoms with E-state index < -0.39 is 6.10 Å². The van der Waals surface area contributed by atoms with Crippen LogP contribution in [0.2, 0.25) is 0 Å². The fourth-order valence-electron chi connectivity index (χ4n) is 3.42. The van der Waals surface area contributed by atoms with Crippen molar-refractivity contribution in [3.05, 3.63) is 102 Å². The Balaban J connectivity index is 1.54. The quantitative estimate of drug-likeness (QED) is 0.511. The van der Waals surface area contributed by atoms with E-state index in [1.165, 1.54) is 0 Å². The Morgan fingerprint density at radius 2 is 1.59 bits per heavy atom. The number of hydrogen-bond acceptors (Lipinski definition) is 3. The number of aliphatic hydroxyl groups excluding tert-OH is 1. The zero-order chi connectivity index (χ0) is 20.1. The molecule has 0 radical (unpaired) electrons. The van der Waals surface area contributed by atoms with Crippen LogP contribution in [-0.2, 0) is 24.3 Å². The van der Waals surface area contributed by atoms with Crippen LogP contribution in [0.4, 0.5) is 0 Å². The third kappa shape index (κ3) is 4.52. The van der Waals surface area contributed by atoms with Crippen molar-refractivity contribution in [3.63, 3.8) is 0 Å². The van der Waals surface area contributed by atoms with Gasteiger partial charge in [-0.25, -0.2) is 4.98 Å². The van der Waals surface area contributed by atoms with E-state index >= 15 is 0 Å². The number of carbonyl (C=O) groups is 1. The number of carbonyl (C=O) groups excluding carboxylic acids is 1. The van der Waals surface area contributed by atoms with Gasteiger partial charge < -0.3 is 15.0 Å². The number of imidazole rings is 1. The van der Waals surface area contributed by atoms with Gasteiger partial charge in [-0.1, -0.05) is 72.8 Å². The molecule has 0 fully saturated rings. The molecular formula is C24H23N3O2. The molecule has 0 spiro atoms. The Morgan fingerprint density at radius 1 is 0.931 bits per heavy atom. The Bertz CT molecular complexity index is 1090. The fourth-order valence-corrected chi connectivity index (χ4v) is 3.42. The summed E-state index contributed by atoms with van der Waals surface area (Å²) in [4.78, 5) is 17.2. The van der Waals surface area contributed by atoms with Crippen LogP contribution in [0.5, 0.6) is 0 Å². The standard InChI is InChI=1S/C24H23N3O2/c28-22(19-11-5-2-6-12-19)17-27-21-14-8-7-13-20(21)26-23(27)15-24(29)25-16-18-9-3-1-4-10-18/h1-14,22,28H,15-17H2,(H,25,29). The number of aromatic nitrogens is 2. The maximum absolute atomic E-state index is 12.5. The van der Waals surface area contributed by atoms with Gasteiger partial charge in [0, 0.05) is 6.54 Å². The number of fused-ring (bicyclic) bond motifs is 1. The van der Waals surface area contributed by atoms with Gasteiger partial charge in [-0.05, 0) is 23.3 Å². The van der Waals surface area contributed by atoms with Crippen molar-refractivity contribution in [2.75, 3.05) is 0 Å². The van der Waals surface area contributed by atoms with Gasteiger partial charge in [0.25, 0.3) is 0 Å². The minimum absolute atomic E-state index is 0.0976. The first kappa shape index (κ1) is 18.9. The smallest absolute Gasteiger partial charge is 0.227 e.